The van der Waals surface area contributed by atoms with Gasteiger partial charge in [0, 0.05) is 19.1 Å². The van der Waals surface area contributed by atoms with Crippen LogP contribution < -0.4 is 5.32 Å². The third kappa shape index (κ3) is 3.87. The predicted octanol–water partition coefficient (Wildman–Crippen LogP) is 0.812. The van der Waals surface area contributed by atoms with Gasteiger partial charge < -0.3 is 5.32 Å². The highest BCUT2D eigenvalue weighted by atomic mass is 32.2. The molecule has 0 spiro atoms. The van der Waals surface area contributed by atoms with Crippen molar-refractivity contribution in [2.24, 2.45) is 5.92 Å². The molecule has 3 rings (SSSR count). The predicted molar refractivity (Wildman–Crippen MR) is 85.0 cm³/mol. The zero-order chi connectivity index (χ0) is 15.6. The fourth-order valence-corrected chi connectivity index (χ4v) is 4.93. The Kier molecular flexibility index (Phi) is 4.49. The summed E-state index contributed by atoms with van der Waals surface area (Å²) < 4.78 is 22.9. The van der Waals surface area contributed by atoms with E-state index in [1.807, 2.05) is 18.2 Å². The SMILES string of the molecule is O=C(NC1CCS(=O)(=O)C1)C1CCN(Cc2ccccc2)C1. The quantitative estimate of drug-likeness (QED) is 0.891. The summed E-state index contributed by atoms with van der Waals surface area (Å²) in [4.78, 5) is 14.6. The van der Waals surface area contributed by atoms with Crippen molar-refractivity contribution in [1.82, 2.24) is 10.2 Å². The highest BCUT2D eigenvalue weighted by molar-refractivity contribution is 7.91. The summed E-state index contributed by atoms with van der Waals surface area (Å²) in [6.07, 6.45) is 1.40. The van der Waals surface area contributed by atoms with Gasteiger partial charge in [-0.1, -0.05) is 30.3 Å². The number of carbonyl (C=O) groups is 1. The monoisotopic (exact) mass is 322 g/mol. The Hall–Kier alpha value is -1.40. The first-order valence-electron chi connectivity index (χ1n) is 7.79. The first-order valence-corrected chi connectivity index (χ1v) is 9.61. The average Bonchev–Trinajstić information content (AvgIpc) is 3.07. The number of nitrogens with zero attached hydrogens (tertiary/aromatic N) is 1. The second kappa shape index (κ2) is 6.38. The fourth-order valence-electron chi connectivity index (χ4n) is 3.26. The molecule has 0 saturated carbocycles. The summed E-state index contributed by atoms with van der Waals surface area (Å²) >= 11 is 0. The van der Waals surface area contributed by atoms with E-state index < -0.39 is 9.84 Å². The molecule has 22 heavy (non-hydrogen) atoms. The van der Waals surface area contributed by atoms with Crippen molar-refractivity contribution in [1.29, 1.82) is 0 Å². The van der Waals surface area contributed by atoms with Crippen LogP contribution in [0.1, 0.15) is 18.4 Å². The van der Waals surface area contributed by atoms with Crippen LogP contribution in [0.15, 0.2) is 30.3 Å². The van der Waals surface area contributed by atoms with Gasteiger partial charge in [-0.2, -0.15) is 0 Å². The van der Waals surface area contributed by atoms with Crippen molar-refractivity contribution >= 4 is 15.7 Å². The molecule has 2 unspecified atom stereocenters. The Morgan fingerprint density at radius 1 is 1.23 bits per heavy atom. The van der Waals surface area contributed by atoms with Crippen LogP contribution in [0.5, 0.6) is 0 Å². The molecule has 6 heteroatoms. The summed E-state index contributed by atoms with van der Waals surface area (Å²) in [5, 5.41) is 2.92. The smallest absolute Gasteiger partial charge is 0.224 e. The van der Waals surface area contributed by atoms with Gasteiger partial charge in [-0.3, -0.25) is 9.69 Å². The van der Waals surface area contributed by atoms with Crippen LogP contribution in [-0.2, 0) is 21.2 Å². The van der Waals surface area contributed by atoms with Crippen molar-refractivity contribution in [2.45, 2.75) is 25.4 Å². The molecule has 2 fully saturated rings. The largest absolute Gasteiger partial charge is 0.352 e. The summed E-state index contributed by atoms with van der Waals surface area (Å²) in [5.74, 6) is 0.284. The lowest BCUT2D eigenvalue weighted by Gasteiger charge is -2.17. The Bertz CT molecular complexity index is 630. The molecular weight excluding hydrogens is 300 g/mol. The molecule has 0 bridgehead atoms. The maximum atomic E-state index is 12.3. The number of nitrogens with one attached hydrogen (secondary N) is 1. The van der Waals surface area contributed by atoms with E-state index in [0.717, 1.165) is 26.1 Å². The van der Waals surface area contributed by atoms with E-state index in [1.165, 1.54) is 5.56 Å². The van der Waals surface area contributed by atoms with E-state index in [9.17, 15) is 13.2 Å². The van der Waals surface area contributed by atoms with Gasteiger partial charge in [0.05, 0.1) is 17.4 Å². The van der Waals surface area contributed by atoms with Gasteiger partial charge in [-0.05, 0) is 24.9 Å². The van der Waals surface area contributed by atoms with E-state index in [0.29, 0.717) is 6.42 Å². The van der Waals surface area contributed by atoms with Crippen LogP contribution in [0.25, 0.3) is 0 Å². The Labute approximate surface area is 131 Å². The molecule has 2 aliphatic rings. The summed E-state index contributed by atoms with van der Waals surface area (Å²) in [6.45, 7) is 2.53. The molecule has 2 atom stereocenters. The second-order valence-electron chi connectivity index (χ2n) is 6.31. The van der Waals surface area contributed by atoms with Crippen LogP contribution in [0, 0.1) is 5.92 Å². The molecule has 0 aliphatic carbocycles. The van der Waals surface area contributed by atoms with Crippen molar-refractivity contribution in [3.05, 3.63) is 35.9 Å². The number of carbonyl (C=O) groups excluding carboxylic acids is 1. The van der Waals surface area contributed by atoms with E-state index in [-0.39, 0.29) is 29.4 Å². The van der Waals surface area contributed by atoms with Crippen LogP contribution in [0.3, 0.4) is 0 Å². The van der Waals surface area contributed by atoms with Crippen LogP contribution >= 0.6 is 0 Å². The van der Waals surface area contributed by atoms with Gasteiger partial charge in [0.25, 0.3) is 0 Å². The number of sulfone groups is 1. The zero-order valence-electron chi connectivity index (χ0n) is 12.6. The zero-order valence-corrected chi connectivity index (χ0v) is 13.4. The molecule has 1 N–H and O–H groups in total. The summed E-state index contributed by atoms with van der Waals surface area (Å²) in [7, 11) is -2.94. The first kappa shape index (κ1) is 15.5. The minimum Gasteiger partial charge on any atom is -0.352 e. The minimum atomic E-state index is -2.94. The maximum absolute atomic E-state index is 12.3. The molecule has 1 amide bonds. The maximum Gasteiger partial charge on any atom is 0.224 e. The molecule has 2 saturated heterocycles. The molecule has 2 heterocycles. The standard InChI is InChI=1S/C16H22N2O3S/c19-16(17-15-7-9-22(20,21)12-15)14-6-8-18(11-14)10-13-4-2-1-3-5-13/h1-5,14-15H,6-12H2,(H,17,19). The van der Waals surface area contributed by atoms with Gasteiger partial charge in [0.1, 0.15) is 0 Å². The van der Waals surface area contributed by atoms with Crippen LogP contribution in [-0.4, -0.2) is 49.9 Å². The Balaban J connectivity index is 1.49. The van der Waals surface area contributed by atoms with E-state index in [2.05, 4.69) is 22.3 Å². The molecule has 0 radical (unpaired) electrons. The van der Waals surface area contributed by atoms with E-state index in [1.54, 1.807) is 0 Å². The molecule has 1 aromatic rings. The van der Waals surface area contributed by atoms with Crippen molar-refractivity contribution in [3.8, 4) is 0 Å². The molecule has 5 nitrogen and oxygen atoms in total. The average molecular weight is 322 g/mol. The number of hydrogen-bond acceptors (Lipinski definition) is 4. The second-order valence-corrected chi connectivity index (χ2v) is 8.54. The van der Waals surface area contributed by atoms with Crippen LogP contribution in [0.4, 0.5) is 0 Å². The Morgan fingerprint density at radius 2 is 2.00 bits per heavy atom. The van der Waals surface area contributed by atoms with Gasteiger partial charge >= 0.3 is 0 Å². The number of amides is 1. The van der Waals surface area contributed by atoms with Crippen LogP contribution in [0.2, 0.25) is 0 Å². The summed E-state index contributed by atoms with van der Waals surface area (Å²) in [6, 6.07) is 10.0. The van der Waals surface area contributed by atoms with Gasteiger partial charge in [-0.25, -0.2) is 8.42 Å². The normalized spacial score (nSPS) is 27.8. The lowest BCUT2D eigenvalue weighted by molar-refractivity contribution is -0.125. The lowest BCUT2D eigenvalue weighted by atomic mass is 10.1. The number of benzene rings is 1. The van der Waals surface area contributed by atoms with E-state index in [4.69, 9.17) is 0 Å². The molecule has 1 aromatic carbocycles. The number of likely N-dealkylation sites (tertiary alicyclic amines) is 1. The summed E-state index contributed by atoms with van der Waals surface area (Å²) in [5.41, 5.74) is 1.26. The van der Waals surface area contributed by atoms with Gasteiger partial charge in [-0.15, -0.1) is 0 Å². The third-order valence-electron chi connectivity index (χ3n) is 4.47. The molecule has 2 aliphatic heterocycles. The first-order chi connectivity index (χ1) is 10.5. The number of hydrogen-bond donors (Lipinski definition) is 1. The topological polar surface area (TPSA) is 66.5 Å². The Morgan fingerprint density at radius 3 is 2.68 bits per heavy atom. The minimum absolute atomic E-state index is 0.0117. The third-order valence-corrected chi connectivity index (χ3v) is 6.24. The van der Waals surface area contributed by atoms with Gasteiger partial charge in [0.15, 0.2) is 9.84 Å². The molecular formula is C16H22N2O3S. The molecule has 0 aromatic heterocycles. The van der Waals surface area contributed by atoms with Crippen molar-refractivity contribution in [3.63, 3.8) is 0 Å². The highest BCUT2D eigenvalue weighted by Gasteiger charge is 2.33. The lowest BCUT2D eigenvalue weighted by Crippen LogP contribution is -2.40. The van der Waals surface area contributed by atoms with Crippen molar-refractivity contribution in [2.75, 3.05) is 24.6 Å². The van der Waals surface area contributed by atoms with E-state index >= 15 is 0 Å². The van der Waals surface area contributed by atoms with Crippen molar-refractivity contribution < 1.29 is 13.2 Å². The van der Waals surface area contributed by atoms with Gasteiger partial charge in [0.2, 0.25) is 5.91 Å². The number of rotatable bonds is 4. The molecule has 120 valence electrons. The highest BCUT2D eigenvalue weighted by Crippen LogP contribution is 2.20. The fraction of sp³-hybridized carbons (Fsp3) is 0.562.